The van der Waals surface area contributed by atoms with Crippen LogP contribution in [0.4, 0.5) is 11.4 Å². The molecule has 2 amide bonds. The van der Waals surface area contributed by atoms with Crippen molar-refractivity contribution >= 4 is 52.1 Å². The van der Waals surface area contributed by atoms with Gasteiger partial charge in [0.15, 0.2) is 5.11 Å². The number of amides is 2. The predicted molar refractivity (Wildman–Crippen MR) is 156 cm³/mol. The van der Waals surface area contributed by atoms with Crippen LogP contribution in [0.2, 0.25) is 5.02 Å². The first-order valence-corrected chi connectivity index (χ1v) is 13.3. The maximum Gasteiger partial charge on any atom is 0.257 e. The maximum atomic E-state index is 12.9. The molecule has 1 saturated heterocycles. The summed E-state index contributed by atoms with van der Waals surface area (Å²) < 4.78 is 5.68. The van der Waals surface area contributed by atoms with Crippen molar-refractivity contribution < 1.29 is 14.3 Å². The zero-order valence-electron chi connectivity index (χ0n) is 21.4. The zero-order chi connectivity index (χ0) is 27.1. The highest BCUT2D eigenvalue weighted by atomic mass is 35.5. The van der Waals surface area contributed by atoms with Crippen LogP contribution in [0.3, 0.4) is 0 Å². The van der Waals surface area contributed by atoms with Gasteiger partial charge in [-0.05, 0) is 78.8 Å². The Morgan fingerprint density at radius 2 is 1.55 bits per heavy atom. The second kappa shape index (κ2) is 12.8. The molecule has 0 bridgehead atoms. The number of piperazine rings is 1. The summed E-state index contributed by atoms with van der Waals surface area (Å²) in [5, 5.41) is 6.72. The van der Waals surface area contributed by atoms with Crippen LogP contribution in [0.5, 0.6) is 5.75 Å². The van der Waals surface area contributed by atoms with Crippen molar-refractivity contribution in [1.82, 2.24) is 10.2 Å². The van der Waals surface area contributed by atoms with E-state index in [1.165, 1.54) is 0 Å². The molecule has 0 saturated carbocycles. The van der Waals surface area contributed by atoms with E-state index < -0.39 is 0 Å². The molecule has 1 fully saturated rings. The highest BCUT2D eigenvalue weighted by Gasteiger charge is 2.23. The molecule has 3 aromatic carbocycles. The normalized spacial score (nSPS) is 13.3. The number of hydrogen-bond donors (Lipinski definition) is 2. The third-order valence-electron chi connectivity index (χ3n) is 6.08. The van der Waals surface area contributed by atoms with Crippen molar-refractivity contribution in [1.29, 1.82) is 0 Å². The van der Waals surface area contributed by atoms with E-state index in [1.54, 1.807) is 48.5 Å². The molecule has 1 heterocycles. The number of benzene rings is 3. The third kappa shape index (κ3) is 7.24. The van der Waals surface area contributed by atoms with Crippen molar-refractivity contribution in [2.24, 2.45) is 5.92 Å². The van der Waals surface area contributed by atoms with Crippen molar-refractivity contribution in [3.8, 4) is 5.75 Å². The van der Waals surface area contributed by atoms with Crippen molar-refractivity contribution in [3.63, 3.8) is 0 Å². The van der Waals surface area contributed by atoms with Gasteiger partial charge < -0.3 is 19.9 Å². The van der Waals surface area contributed by atoms with Gasteiger partial charge in [-0.25, -0.2) is 0 Å². The van der Waals surface area contributed by atoms with E-state index in [9.17, 15) is 9.59 Å². The Morgan fingerprint density at radius 1 is 0.921 bits per heavy atom. The zero-order valence-corrected chi connectivity index (χ0v) is 23.0. The van der Waals surface area contributed by atoms with Gasteiger partial charge in [0.1, 0.15) is 5.75 Å². The molecule has 198 valence electrons. The van der Waals surface area contributed by atoms with E-state index in [1.807, 2.05) is 29.2 Å². The number of carbonyl (C=O) groups excluding carboxylic acids is 2. The Labute approximate surface area is 233 Å². The lowest BCUT2D eigenvalue weighted by atomic mass is 10.1. The number of nitrogens with one attached hydrogen (secondary N) is 2. The van der Waals surface area contributed by atoms with Gasteiger partial charge in [0.25, 0.3) is 11.8 Å². The summed E-state index contributed by atoms with van der Waals surface area (Å²) in [5.74, 6) is 0.839. The van der Waals surface area contributed by atoms with Crippen molar-refractivity contribution in [2.45, 2.75) is 13.8 Å². The number of anilines is 2. The number of hydrogen-bond acceptors (Lipinski definition) is 5. The van der Waals surface area contributed by atoms with E-state index in [0.29, 0.717) is 54.9 Å². The molecule has 0 atom stereocenters. The van der Waals surface area contributed by atoms with Crippen LogP contribution in [0.25, 0.3) is 0 Å². The summed E-state index contributed by atoms with van der Waals surface area (Å²) in [5.41, 5.74) is 2.85. The second-order valence-electron chi connectivity index (χ2n) is 9.44. The first-order valence-electron chi connectivity index (χ1n) is 12.5. The minimum absolute atomic E-state index is 0.00358. The quantitative estimate of drug-likeness (QED) is 0.380. The molecule has 4 rings (SSSR count). The molecule has 2 N–H and O–H groups in total. The number of carbonyl (C=O) groups is 2. The van der Waals surface area contributed by atoms with Crippen LogP contribution in [0.15, 0.2) is 72.8 Å². The highest BCUT2D eigenvalue weighted by Crippen LogP contribution is 2.27. The van der Waals surface area contributed by atoms with Crippen LogP contribution >= 0.6 is 23.8 Å². The van der Waals surface area contributed by atoms with Gasteiger partial charge in [0.2, 0.25) is 0 Å². The summed E-state index contributed by atoms with van der Waals surface area (Å²) >= 11 is 11.4. The van der Waals surface area contributed by atoms with Gasteiger partial charge in [0.05, 0.1) is 18.0 Å². The molecule has 0 aliphatic carbocycles. The Morgan fingerprint density at radius 3 is 2.21 bits per heavy atom. The largest absolute Gasteiger partial charge is 0.493 e. The molecule has 3 aromatic rings. The number of para-hydroxylation sites is 2. The van der Waals surface area contributed by atoms with Crippen LogP contribution in [0.1, 0.15) is 34.6 Å². The average molecular weight is 551 g/mol. The van der Waals surface area contributed by atoms with Crippen molar-refractivity contribution in [2.75, 3.05) is 43.0 Å². The monoisotopic (exact) mass is 550 g/mol. The van der Waals surface area contributed by atoms with Crippen LogP contribution in [-0.4, -0.2) is 54.6 Å². The molecular formula is C29H31ClN4O3S. The van der Waals surface area contributed by atoms with Gasteiger partial charge in [-0.15, -0.1) is 0 Å². The summed E-state index contributed by atoms with van der Waals surface area (Å²) in [6, 6.07) is 21.7. The minimum Gasteiger partial charge on any atom is -0.493 e. The van der Waals surface area contributed by atoms with Gasteiger partial charge in [-0.2, -0.15) is 0 Å². The molecule has 0 aromatic heterocycles. The van der Waals surface area contributed by atoms with Crippen molar-refractivity contribution in [3.05, 3.63) is 88.9 Å². The SMILES string of the molecule is CC(C)COc1ccc(C(=O)NC(=S)Nc2ccccc2N2CCN(C(=O)c3ccc(Cl)cc3)CC2)cc1. The fraction of sp³-hybridized carbons (Fsp3) is 0.276. The average Bonchev–Trinajstić information content (AvgIpc) is 2.92. The first kappa shape index (κ1) is 27.4. The van der Waals surface area contributed by atoms with Gasteiger partial charge in [-0.1, -0.05) is 37.6 Å². The Hall–Kier alpha value is -3.62. The summed E-state index contributed by atoms with van der Waals surface area (Å²) in [6.07, 6.45) is 0. The maximum absolute atomic E-state index is 12.9. The number of halogens is 1. The lowest BCUT2D eigenvalue weighted by Crippen LogP contribution is -2.49. The Bertz CT molecular complexity index is 1270. The number of thiocarbonyl (C=S) groups is 1. The molecule has 1 aliphatic rings. The Balaban J connectivity index is 1.33. The lowest BCUT2D eigenvalue weighted by molar-refractivity contribution is 0.0746. The van der Waals surface area contributed by atoms with Gasteiger partial charge >= 0.3 is 0 Å². The molecule has 0 radical (unpaired) electrons. The van der Waals surface area contributed by atoms with Crippen LogP contribution in [-0.2, 0) is 0 Å². The summed E-state index contributed by atoms with van der Waals surface area (Å²) in [6.45, 7) is 7.30. The molecule has 0 spiro atoms. The number of nitrogens with zero attached hydrogens (tertiary/aromatic N) is 2. The fourth-order valence-electron chi connectivity index (χ4n) is 4.07. The molecule has 38 heavy (non-hydrogen) atoms. The van der Waals surface area contributed by atoms with Crippen LogP contribution in [0, 0.1) is 5.92 Å². The number of rotatable bonds is 7. The molecule has 1 aliphatic heterocycles. The predicted octanol–water partition coefficient (Wildman–Crippen LogP) is 5.46. The fourth-order valence-corrected chi connectivity index (χ4v) is 4.40. The van der Waals surface area contributed by atoms with E-state index in [2.05, 4.69) is 29.4 Å². The summed E-state index contributed by atoms with van der Waals surface area (Å²) in [7, 11) is 0. The van der Waals surface area contributed by atoms with Crippen LogP contribution < -0.4 is 20.3 Å². The second-order valence-corrected chi connectivity index (χ2v) is 10.3. The highest BCUT2D eigenvalue weighted by molar-refractivity contribution is 7.80. The molecule has 9 heteroatoms. The number of ether oxygens (including phenoxy) is 1. The standard InChI is InChI=1S/C29H31ClN4O3S/c1-20(2)19-37-24-13-9-21(10-14-24)27(35)32-29(38)31-25-5-3-4-6-26(25)33-15-17-34(18-16-33)28(36)22-7-11-23(30)12-8-22/h3-14,20H,15-19H2,1-2H3,(H2,31,32,35,38). The minimum atomic E-state index is -0.301. The molecule has 0 unspecified atom stereocenters. The summed E-state index contributed by atoms with van der Waals surface area (Å²) in [4.78, 5) is 29.6. The van der Waals surface area contributed by atoms with E-state index in [0.717, 1.165) is 17.1 Å². The topological polar surface area (TPSA) is 73.9 Å². The first-order chi connectivity index (χ1) is 18.3. The Kier molecular flexibility index (Phi) is 9.20. The molecular weight excluding hydrogens is 520 g/mol. The van der Waals surface area contributed by atoms with E-state index in [-0.39, 0.29) is 16.9 Å². The van der Waals surface area contributed by atoms with Gasteiger partial charge in [-0.3, -0.25) is 14.9 Å². The third-order valence-corrected chi connectivity index (χ3v) is 6.53. The van der Waals surface area contributed by atoms with Gasteiger partial charge in [0, 0.05) is 42.3 Å². The smallest absolute Gasteiger partial charge is 0.257 e. The lowest BCUT2D eigenvalue weighted by Gasteiger charge is -2.37. The van der Waals surface area contributed by atoms with E-state index >= 15 is 0 Å². The van der Waals surface area contributed by atoms with E-state index in [4.69, 9.17) is 28.6 Å². The molecule has 7 nitrogen and oxygen atoms in total.